The summed E-state index contributed by atoms with van der Waals surface area (Å²) in [6, 6.07) is 5.56. The first-order valence-corrected chi connectivity index (χ1v) is 7.96. The summed E-state index contributed by atoms with van der Waals surface area (Å²) in [5, 5.41) is 12.5. The van der Waals surface area contributed by atoms with E-state index in [4.69, 9.17) is 28.3 Å². The standard InChI is InChI=1S/C15H20Cl2N2O2/c16-12-6-1-7-13(15(12)17)18-14(21)10-19-8-2-4-11(19)5-3-9-20/h1,6-7,11,20H,2-5,8-10H2,(H,18,21). The average molecular weight is 331 g/mol. The van der Waals surface area contributed by atoms with Crippen molar-refractivity contribution in [2.75, 3.05) is 25.0 Å². The zero-order chi connectivity index (χ0) is 15.2. The number of hydrogen-bond acceptors (Lipinski definition) is 3. The van der Waals surface area contributed by atoms with E-state index in [1.165, 1.54) is 0 Å². The predicted octanol–water partition coefficient (Wildman–Crippen LogP) is 3.17. The van der Waals surface area contributed by atoms with E-state index < -0.39 is 0 Å². The van der Waals surface area contributed by atoms with E-state index in [9.17, 15) is 4.79 Å². The summed E-state index contributed by atoms with van der Waals surface area (Å²) in [6.45, 7) is 1.47. The molecule has 0 saturated carbocycles. The number of halogens is 2. The van der Waals surface area contributed by atoms with Gasteiger partial charge in [0.1, 0.15) is 0 Å². The number of carbonyl (C=O) groups excluding carboxylic acids is 1. The molecule has 0 bridgehead atoms. The molecule has 4 nitrogen and oxygen atoms in total. The van der Waals surface area contributed by atoms with Crippen LogP contribution in [0.5, 0.6) is 0 Å². The van der Waals surface area contributed by atoms with E-state index in [1.807, 2.05) is 0 Å². The Kier molecular flexibility index (Phi) is 6.30. The Bertz CT molecular complexity index is 497. The largest absolute Gasteiger partial charge is 0.396 e. The van der Waals surface area contributed by atoms with Gasteiger partial charge in [-0.2, -0.15) is 0 Å². The summed E-state index contributed by atoms with van der Waals surface area (Å²) in [4.78, 5) is 14.3. The van der Waals surface area contributed by atoms with Gasteiger partial charge in [0, 0.05) is 12.6 Å². The van der Waals surface area contributed by atoms with Gasteiger partial charge in [-0.1, -0.05) is 29.3 Å². The van der Waals surface area contributed by atoms with Gasteiger partial charge in [-0.15, -0.1) is 0 Å². The smallest absolute Gasteiger partial charge is 0.238 e. The fourth-order valence-electron chi connectivity index (χ4n) is 2.73. The van der Waals surface area contributed by atoms with Crippen LogP contribution in [-0.2, 0) is 4.79 Å². The maximum absolute atomic E-state index is 12.1. The number of aliphatic hydroxyl groups is 1. The first-order valence-electron chi connectivity index (χ1n) is 7.20. The summed E-state index contributed by atoms with van der Waals surface area (Å²) in [5.74, 6) is -0.0879. The molecule has 1 atom stereocenters. The molecular weight excluding hydrogens is 311 g/mol. The maximum Gasteiger partial charge on any atom is 0.238 e. The molecule has 21 heavy (non-hydrogen) atoms. The van der Waals surface area contributed by atoms with Gasteiger partial charge >= 0.3 is 0 Å². The van der Waals surface area contributed by atoms with Crippen molar-refractivity contribution in [1.29, 1.82) is 0 Å². The highest BCUT2D eigenvalue weighted by molar-refractivity contribution is 6.43. The molecule has 1 aromatic rings. The number of nitrogens with one attached hydrogen (secondary N) is 1. The minimum Gasteiger partial charge on any atom is -0.396 e. The molecule has 0 radical (unpaired) electrons. The second-order valence-electron chi connectivity index (χ2n) is 5.28. The number of benzene rings is 1. The van der Waals surface area contributed by atoms with Crippen molar-refractivity contribution >= 4 is 34.8 Å². The van der Waals surface area contributed by atoms with Crippen molar-refractivity contribution in [3.8, 4) is 0 Å². The van der Waals surface area contributed by atoms with Gasteiger partial charge in [0.15, 0.2) is 0 Å². The Morgan fingerprint density at radius 2 is 2.24 bits per heavy atom. The summed E-state index contributed by atoms with van der Waals surface area (Å²) < 4.78 is 0. The molecular formula is C15H20Cl2N2O2. The second-order valence-corrected chi connectivity index (χ2v) is 6.07. The lowest BCUT2D eigenvalue weighted by Crippen LogP contribution is -2.37. The van der Waals surface area contributed by atoms with Crippen molar-refractivity contribution in [3.63, 3.8) is 0 Å². The summed E-state index contributed by atoms with van der Waals surface area (Å²) in [5.41, 5.74) is 0.542. The fraction of sp³-hybridized carbons (Fsp3) is 0.533. The lowest BCUT2D eigenvalue weighted by Gasteiger charge is -2.23. The van der Waals surface area contributed by atoms with Gasteiger partial charge in [-0.3, -0.25) is 9.69 Å². The Morgan fingerprint density at radius 3 is 3.00 bits per heavy atom. The summed E-state index contributed by atoms with van der Waals surface area (Å²) >= 11 is 12.0. The highest BCUT2D eigenvalue weighted by atomic mass is 35.5. The molecule has 1 aliphatic rings. The molecule has 1 aliphatic heterocycles. The topological polar surface area (TPSA) is 52.6 Å². The lowest BCUT2D eigenvalue weighted by molar-refractivity contribution is -0.117. The molecule has 0 spiro atoms. The minimum atomic E-state index is -0.0879. The van der Waals surface area contributed by atoms with Crippen LogP contribution in [-0.4, -0.2) is 41.7 Å². The second kappa shape index (κ2) is 7.99. The molecule has 1 amide bonds. The zero-order valence-electron chi connectivity index (χ0n) is 11.8. The third-order valence-corrected chi connectivity index (χ3v) is 4.59. The Labute approximate surface area is 135 Å². The maximum atomic E-state index is 12.1. The molecule has 116 valence electrons. The molecule has 2 rings (SSSR count). The van der Waals surface area contributed by atoms with Crippen molar-refractivity contribution < 1.29 is 9.90 Å². The van der Waals surface area contributed by atoms with Crippen LogP contribution in [0.2, 0.25) is 10.0 Å². The third-order valence-electron chi connectivity index (χ3n) is 3.77. The van der Waals surface area contributed by atoms with Crippen molar-refractivity contribution in [2.45, 2.75) is 31.7 Å². The number of rotatable bonds is 6. The molecule has 2 N–H and O–H groups in total. The highest BCUT2D eigenvalue weighted by Gasteiger charge is 2.25. The van der Waals surface area contributed by atoms with Gasteiger partial charge in [0.25, 0.3) is 0 Å². The Morgan fingerprint density at radius 1 is 1.43 bits per heavy atom. The summed E-state index contributed by atoms with van der Waals surface area (Å²) in [7, 11) is 0. The van der Waals surface area contributed by atoms with E-state index in [0.717, 1.165) is 32.2 Å². The minimum absolute atomic E-state index is 0.0879. The lowest BCUT2D eigenvalue weighted by atomic mass is 10.1. The quantitative estimate of drug-likeness (QED) is 0.842. The van der Waals surface area contributed by atoms with Crippen LogP contribution in [0.15, 0.2) is 18.2 Å². The van der Waals surface area contributed by atoms with Gasteiger partial charge in [-0.05, 0) is 44.4 Å². The van der Waals surface area contributed by atoms with Crippen LogP contribution in [0, 0.1) is 0 Å². The van der Waals surface area contributed by atoms with E-state index in [1.54, 1.807) is 18.2 Å². The molecule has 1 saturated heterocycles. The molecule has 1 fully saturated rings. The van der Waals surface area contributed by atoms with Crippen LogP contribution in [0.3, 0.4) is 0 Å². The predicted molar refractivity (Wildman–Crippen MR) is 86.0 cm³/mol. The normalized spacial score (nSPS) is 18.9. The molecule has 1 aromatic carbocycles. The van der Waals surface area contributed by atoms with Crippen LogP contribution in [0.1, 0.15) is 25.7 Å². The highest BCUT2D eigenvalue weighted by Crippen LogP contribution is 2.29. The summed E-state index contributed by atoms with van der Waals surface area (Å²) in [6.07, 6.45) is 3.90. The van der Waals surface area contributed by atoms with Crippen LogP contribution >= 0.6 is 23.2 Å². The third kappa shape index (κ3) is 4.58. The Hall–Kier alpha value is -0.810. The SMILES string of the molecule is O=C(CN1CCCC1CCCO)Nc1cccc(Cl)c1Cl. The number of aliphatic hydroxyl groups excluding tert-OH is 1. The molecule has 6 heteroatoms. The average Bonchev–Trinajstić information content (AvgIpc) is 2.88. The van der Waals surface area contributed by atoms with E-state index in [-0.39, 0.29) is 12.5 Å². The van der Waals surface area contributed by atoms with Gasteiger partial charge in [-0.25, -0.2) is 0 Å². The number of amides is 1. The first kappa shape index (κ1) is 16.6. The number of likely N-dealkylation sites (tertiary alicyclic amines) is 1. The molecule has 0 aromatic heterocycles. The number of hydrogen-bond donors (Lipinski definition) is 2. The zero-order valence-corrected chi connectivity index (χ0v) is 13.3. The molecule has 1 unspecified atom stereocenters. The number of anilines is 1. The van der Waals surface area contributed by atoms with Gasteiger partial charge < -0.3 is 10.4 Å². The Balaban J connectivity index is 1.90. The monoisotopic (exact) mass is 330 g/mol. The van der Waals surface area contributed by atoms with Crippen LogP contribution in [0.25, 0.3) is 0 Å². The molecule has 1 heterocycles. The van der Waals surface area contributed by atoms with Crippen LogP contribution in [0.4, 0.5) is 5.69 Å². The van der Waals surface area contributed by atoms with Gasteiger partial charge in [0.2, 0.25) is 5.91 Å². The van der Waals surface area contributed by atoms with Crippen molar-refractivity contribution in [3.05, 3.63) is 28.2 Å². The first-order chi connectivity index (χ1) is 10.1. The fourth-order valence-corrected chi connectivity index (χ4v) is 3.08. The van der Waals surface area contributed by atoms with E-state index in [2.05, 4.69) is 10.2 Å². The van der Waals surface area contributed by atoms with Crippen LogP contribution < -0.4 is 5.32 Å². The van der Waals surface area contributed by atoms with E-state index >= 15 is 0 Å². The van der Waals surface area contributed by atoms with E-state index in [0.29, 0.717) is 28.3 Å². The number of carbonyl (C=O) groups is 1. The van der Waals surface area contributed by atoms with Gasteiger partial charge in [0.05, 0.1) is 22.3 Å². The molecule has 0 aliphatic carbocycles. The van der Waals surface area contributed by atoms with Crippen molar-refractivity contribution in [2.24, 2.45) is 0 Å². The van der Waals surface area contributed by atoms with Crippen molar-refractivity contribution in [1.82, 2.24) is 4.90 Å². The number of nitrogens with zero attached hydrogens (tertiary/aromatic N) is 1.